The van der Waals surface area contributed by atoms with Crippen molar-refractivity contribution >= 4 is 33.8 Å². The Bertz CT molecular complexity index is 1420. The van der Waals surface area contributed by atoms with Crippen LogP contribution in [0, 0.1) is 11.7 Å². The van der Waals surface area contributed by atoms with E-state index >= 15 is 0 Å². The topological polar surface area (TPSA) is 80.7 Å². The summed E-state index contributed by atoms with van der Waals surface area (Å²) in [5, 5.41) is 6.59. The number of morpholine rings is 1. The molecule has 1 saturated carbocycles. The first-order valence-corrected chi connectivity index (χ1v) is 12.4. The Labute approximate surface area is 211 Å². The lowest BCUT2D eigenvalue weighted by atomic mass is 10.0. The zero-order valence-corrected chi connectivity index (χ0v) is 20.6. The van der Waals surface area contributed by atoms with Crippen molar-refractivity contribution in [2.75, 3.05) is 41.8 Å². The molecule has 4 heterocycles. The van der Waals surface area contributed by atoms with Crippen LogP contribution in [0.1, 0.15) is 19.8 Å². The normalized spacial score (nSPS) is 23.1. The monoisotopic (exact) mass is 515 g/mol. The van der Waals surface area contributed by atoms with Gasteiger partial charge in [-0.15, -0.1) is 0 Å². The highest BCUT2D eigenvalue weighted by Gasteiger charge is 2.51. The molecule has 0 radical (unpaired) electrons. The molecule has 196 valence electrons. The Balaban J connectivity index is 1.39. The summed E-state index contributed by atoms with van der Waals surface area (Å²) in [4.78, 5) is 19.3. The largest absolute Gasteiger partial charge is 0.480 e. The predicted octanol–water partition coefficient (Wildman–Crippen LogP) is 4.26. The number of halogens is 3. The summed E-state index contributed by atoms with van der Waals surface area (Å²) in [5.41, 5.74) is 1.05. The zero-order valence-electron chi connectivity index (χ0n) is 20.6. The summed E-state index contributed by atoms with van der Waals surface area (Å²) < 4.78 is 56.9. The SMILES string of the molecule is CC1CN(c2cc(Nc3ccc4c(c3)c3c(c(=O)n4C)OCC(F)(F)C(C4CC4)N3)c(F)cn2)CCO1. The second-order valence-electron chi connectivity index (χ2n) is 10.1. The van der Waals surface area contributed by atoms with Crippen molar-refractivity contribution < 1.29 is 22.6 Å². The molecular weight excluding hydrogens is 487 g/mol. The Morgan fingerprint density at radius 1 is 1.24 bits per heavy atom. The molecular formula is C26H28F3N5O3. The number of hydrogen-bond donors (Lipinski definition) is 2. The summed E-state index contributed by atoms with van der Waals surface area (Å²) in [5.74, 6) is -3.34. The quantitative estimate of drug-likeness (QED) is 0.538. The minimum Gasteiger partial charge on any atom is -0.480 e. The number of pyridine rings is 2. The van der Waals surface area contributed by atoms with Crippen LogP contribution < -0.4 is 25.8 Å². The average Bonchev–Trinajstić information content (AvgIpc) is 3.71. The van der Waals surface area contributed by atoms with Gasteiger partial charge in [-0.25, -0.2) is 18.2 Å². The second kappa shape index (κ2) is 8.83. The third-order valence-corrected chi connectivity index (χ3v) is 7.30. The van der Waals surface area contributed by atoms with Gasteiger partial charge in [-0.05, 0) is 43.9 Å². The van der Waals surface area contributed by atoms with Gasteiger partial charge in [0.25, 0.3) is 5.56 Å². The predicted molar refractivity (Wildman–Crippen MR) is 135 cm³/mol. The first kappa shape index (κ1) is 23.9. The molecule has 1 saturated heterocycles. The van der Waals surface area contributed by atoms with Crippen LogP contribution in [0.5, 0.6) is 5.75 Å². The van der Waals surface area contributed by atoms with Gasteiger partial charge >= 0.3 is 5.92 Å². The maximum Gasteiger partial charge on any atom is 0.301 e. The Kier molecular flexibility index (Phi) is 5.70. The van der Waals surface area contributed by atoms with Crippen LogP contribution in [0.3, 0.4) is 0 Å². The van der Waals surface area contributed by atoms with Crippen molar-refractivity contribution in [3.8, 4) is 5.75 Å². The number of fused-ring (bicyclic) bond motifs is 3. The molecule has 0 amide bonds. The fraction of sp³-hybridized carbons (Fsp3) is 0.462. The van der Waals surface area contributed by atoms with Crippen molar-refractivity contribution in [2.45, 2.75) is 37.8 Å². The van der Waals surface area contributed by atoms with E-state index in [0.717, 1.165) is 0 Å². The minimum atomic E-state index is -3.12. The van der Waals surface area contributed by atoms with Gasteiger partial charge in [0, 0.05) is 37.3 Å². The smallest absolute Gasteiger partial charge is 0.301 e. The fourth-order valence-corrected chi connectivity index (χ4v) is 5.16. The van der Waals surface area contributed by atoms with E-state index in [1.807, 2.05) is 11.8 Å². The van der Waals surface area contributed by atoms with Crippen molar-refractivity contribution in [3.63, 3.8) is 0 Å². The number of anilines is 4. The first-order valence-electron chi connectivity index (χ1n) is 12.4. The molecule has 2 aliphatic heterocycles. The highest BCUT2D eigenvalue weighted by atomic mass is 19.3. The maximum absolute atomic E-state index is 14.9. The molecule has 6 rings (SSSR count). The highest BCUT2D eigenvalue weighted by Crippen LogP contribution is 2.45. The lowest BCUT2D eigenvalue weighted by Crippen LogP contribution is -2.44. The summed E-state index contributed by atoms with van der Waals surface area (Å²) in [7, 11) is 1.57. The van der Waals surface area contributed by atoms with Crippen LogP contribution in [0.25, 0.3) is 10.9 Å². The first-order chi connectivity index (χ1) is 17.7. The van der Waals surface area contributed by atoms with Crippen molar-refractivity contribution in [1.82, 2.24) is 9.55 Å². The van der Waals surface area contributed by atoms with E-state index in [0.29, 0.717) is 54.9 Å². The highest BCUT2D eigenvalue weighted by molar-refractivity contribution is 5.97. The van der Waals surface area contributed by atoms with Crippen LogP contribution in [0.2, 0.25) is 0 Å². The van der Waals surface area contributed by atoms with E-state index in [2.05, 4.69) is 15.6 Å². The average molecular weight is 516 g/mol. The molecule has 37 heavy (non-hydrogen) atoms. The second-order valence-corrected chi connectivity index (χ2v) is 10.1. The molecule has 2 aromatic heterocycles. The Morgan fingerprint density at radius 3 is 2.81 bits per heavy atom. The number of nitrogens with one attached hydrogen (secondary N) is 2. The van der Waals surface area contributed by atoms with Crippen molar-refractivity contribution in [1.29, 1.82) is 0 Å². The van der Waals surface area contributed by atoms with Gasteiger partial charge in [-0.3, -0.25) is 4.79 Å². The summed E-state index contributed by atoms with van der Waals surface area (Å²) in [6.07, 6.45) is 2.61. The van der Waals surface area contributed by atoms with E-state index in [1.165, 1.54) is 10.8 Å². The minimum absolute atomic E-state index is 0.0426. The molecule has 0 bridgehead atoms. The third-order valence-electron chi connectivity index (χ3n) is 7.30. The zero-order chi connectivity index (χ0) is 25.9. The standard InChI is InChI=1S/C26H28F3N5O3/c1-14-12-34(7-8-36-14)21-10-19(18(27)11-30-21)31-16-5-6-20-17(9-16)22-23(25(35)33(20)2)37-13-26(28,29)24(32-22)15-3-4-15/h5-6,9-11,14-15,24,32H,3-4,7-8,12-13H2,1-2H3,(H,30,31). The number of aryl methyl sites for hydroxylation is 1. The number of alkyl halides is 2. The van der Waals surface area contributed by atoms with E-state index in [9.17, 15) is 18.0 Å². The molecule has 11 heteroatoms. The van der Waals surface area contributed by atoms with Gasteiger partial charge in [-0.1, -0.05) is 0 Å². The molecule has 2 N–H and O–H groups in total. The number of aromatic nitrogens is 2. The number of benzene rings is 1. The van der Waals surface area contributed by atoms with E-state index < -0.39 is 29.9 Å². The van der Waals surface area contributed by atoms with Crippen molar-refractivity contribution in [3.05, 3.63) is 46.6 Å². The maximum atomic E-state index is 14.9. The number of hydrogen-bond acceptors (Lipinski definition) is 7. The van der Waals surface area contributed by atoms with E-state index in [4.69, 9.17) is 9.47 Å². The Hall–Kier alpha value is -3.47. The van der Waals surface area contributed by atoms with E-state index in [1.54, 1.807) is 31.3 Å². The summed E-state index contributed by atoms with van der Waals surface area (Å²) in [6.45, 7) is 2.97. The lowest BCUT2D eigenvalue weighted by molar-refractivity contribution is -0.0579. The molecule has 2 atom stereocenters. The van der Waals surface area contributed by atoms with Crippen LogP contribution in [-0.2, 0) is 11.8 Å². The van der Waals surface area contributed by atoms with Crippen LogP contribution in [-0.4, -0.2) is 53.9 Å². The van der Waals surface area contributed by atoms with Gasteiger partial charge in [0.05, 0.1) is 41.8 Å². The number of rotatable bonds is 4. The van der Waals surface area contributed by atoms with Gasteiger partial charge in [0.1, 0.15) is 5.82 Å². The molecule has 1 aliphatic carbocycles. The number of ether oxygens (including phenoxy) is 2. The Morgan fingerprint density at radius 2 is 2.05 bits per heavy atom. The van der Waals surface area contributed by atoms with Crippen molar-refractivity contribution in [2.24, 2.45) is 13.0 Å². The fourth-order valence-electron chi connectivity index (χ4n) is 5.16. The summed E-state index contributed by atoms with van der Waals surface area (Å²) in [6, 6.07) is 5.66. The lowest BCUT2D eigenvalue weighted by Gasteiger charge is -2.32. The molecule has 3 aliphatic rings. The van der Waals surface area contributed by atoms with Gasteiger partial charge in [0.2, 0.25) is 5.75 Å². The van der Waals surface area contributed by atoms with Crippen LogP contribution >= 0.6 is 0 Å². The molecule has 8 nitrogen and oxygen atoms in total. The third kappa shape index (κ3) is 4.35. The van der Waals surface area contributed by atoms with Gasteiger partial charge < -0.3 is 29.6 Å². The van der Waals surface area contributed by atoms with Crippen LogP contribution in [0.15, 0.2) is 35.3 Å². The van der Waals surface area contributed by atoms with Gasteiger partial charge in [0.15, 0.2) is 12.4 Å². The molecule has 2 unspecified atom stereocenters. The van der Waals surface area contributed by atoms with Gasteiger partial charge in [-0.2, -0.15) is 0 Å². The van der Waals surface area contributed by atoms with Crippen LogP contribution in [0.4, 0.5) is 36.1 Å². The van der Waals surface area contributed by atoms with E-state index in [-0.39, 0.29) is 29.1 Å². The molecule has 1 aromatic carbocycles. The summed E-state index contributed by atoms with van der Waals surface area (Å²) >= 11 is 0. The molecule has 0 spiro atoms. The molecule has 3 aromatic rings. The molecule has 2 fully saturated rings. The number of nitrogens with zero attached hydrogens (tertiary/aromatic N) is 3.